The number of carbonyl (C=O) groups is 1. The van der Waals surface area contributed by atoms with E-state index in [0.29, 0.717) is 24.5 Å². The van der Waals surface area contributed by atoms with Crippen LogP contribution in [0.25, 0.3) is 11.1 Å². The number of amides is 1. The Morgan fingerprint density at radius 1 is 1.11 bits per heavy atom. The zero-order valence-electron chi connectivity index (χ0n) is 20.1. The summed E-state index contributed by atoms with van der Waals surface area (Å²) in [6.07, 6.45) is 1.78. The second kappa shape index (κ2) is 10.1. The van der Waals surface area contributed by atoms with E-state index in [2.05, 4.69) is 22.2 Å². The van der Waals surface area contributed by atoms with Gasteiger partial charge in [0.05, 0.1) is 11.6 Å². The summed E-state index contributed by atoms with van der Waals surface area (Å²) in [6, 6.07) is 10.0. The second-order valence-corrected chi connectivity index (χ2v) is 9.24. The Labute approximate surface area is 203 Å². The summed E-state index contributed by atoms with van der Waals surface area (Å²) in [7, 11) is 0. The molecule has 0 saturated carbocycles. The minimum absolute atomic E-state index is 0.0503. The Hall–Kier alpha value is -3.42. The Bertz CT molecular complexity index is 1190. The van der Waals surface area contributed by atoms with E-state index in [4.69, 9.17) is 0 Å². The molecule has 184 valence electrons. The maximum absolute atomic E-state index is 13.9. The first-order valence-electron chi connectivity index (χ1n) is 11.7. The summed E-state index contributed by atoms with van der Waals surface area (Å²) in [5.41, 5.74) is 3.64. The Kier molecular flexibility index (Phi) is 7.10. The lowest BCUT2D eigenvalue weighted by Gasteiger charge is -2.40. The summed E-state index contributed by atoms with van der Waals surface area (Å²) in [5.74, 6) is 0.527. The summed E-state index contributed by atoms with van der Waals surface area (Å²) < 4.78 is 38.5. The van der Waals surface area contributed by atoms with Crippen molar-refractivity contribution in [2.24, 2.45) is 5.92 Å². The smallest absolute Gasteiger partial charge is 0.368 e. The number of nitrogens with one attached hydrogen (secondary N) is 1. The van der Waals surface area contributed by atoms with E-state index < -0.39 is 11.7 Å². The van der Waals surface area contributed by atoms with Gasteiger partial charge >= 0.3 is 6.18 Å². The molecule has 1 aliphatic rings. The molecule has 1 amide bonds. The highest BCUT2D eigenvalue weighted by molar-refractivity contribution is 6.01. The van der Waals surface area contributed by atoms with Crippen molar-refractivity contribution in [2.75, 3.05) is 18.4 Å². The van der Waals surface area contributed by atoms with Crippen LogP contribution in [0.4, 0.5) is 19.0 Å². The van der Waals surface area contributed by atoms with Crippen molar-refractivity contribution in [2.45, 2.75) is 45.8 Å². The molecule has 1 aliphatic heterocycles. The third kappa shape index (κ3) is 5.47. The molecular formula is C27H29F3N4O. The zero-order valence-corrected chi connectivity index (χ0v) is 20.1. The van der Waals surface area contributed by atoms with E-state index in [9.17, 15) is 18.0 Å². The molecule has 3 heterocycles. The molecule has 2 aromatic heterocycles. The van der Waals surface area contributed by atoms with Crippen molar-refractivity contribution >= 4 is 11.7 Å². The SMILES string of the molecule is Cc1ccc(-c2cnccc2C)c(C(=O)N2CCC[C@@H](C)[C@H]2CNc2ccc(C(F)(F)F)cn2)c1. The van der Waals surface area contributed by atoms with E-state index in [-0.39, 0.29) is 17.9 Å². The topological polar surface area (TPSA) is 58.1 Å². The molecule has 1 fully saturated rings. The summed E-state index contributed by atoms with van der Waals surface area (Å²) in [6.45, 7) is 7.09. The molecule has 1 N–H and O–H groups in total. The first-order chi connectivity index (χ1) is 16.6. The number of piperidine rings is 1. The van der Waals surface area contributed by atoms with E-state index in [1.54, 1.807) is 12.4 Å². The van der Waals surface area contributed by atoms with Gasteiger partial charge in [-0.3, -0.25) is 9.78 Å². The van der Waals surface area contributed by atoms with Crippen LogP contribution >= 0.6 is 0 Å². The van der Waals surface area contributed by atoms with Gasteiger partial charge in [-0.1, -0.05) is 24.6 Å². The predicted molar refractivity (Wildman–Crippen MR) is 130 cm³/mol. The number of hydrogen-bond donors (Lipinski definition) is 1. The maximum Gasteiger partial charge on any atom is 0.417 e. The van der Waals surface area contributed by atoms with Gasteiger partial charge in [-0.25, -0.2) is 4.98 Å². The number of carbonyl (C=O) groups excluding carboxylic acids is 1. The lowest BCUT2D eigenvalue weighted by Crippen LogP contribution is -2.51. The van der Waals surface area contributed by atoms with Gasteiger partial charge in [0.2, 0.25) is 0 Å². The molecule has 1 saturated heterocycles. The standard InChI is InChI=1S/C27H29F3N4O/c1-17-6-8-21(23-15-31-11-10-18(23)2)22(13-17)26(35)34-12-4-5-19(3)24(34)16-33-25-9-7-20(14-32-25)27(28,29)30/h6-11,13-15,19,24H,4-5,12,16H2,1-3H3,(H,32,33)/t19-,24-/m1/s1. The fourth-order valence-electron chi connectivity index (χ4n) is 4.66. The first kappa shape index (κ1) is 24.7. The van der Waals surface area contributed by atoms with E-state index in [1.165, 1.54) is 6.07 Å². The van der Waals surface area contributed by atoms with Crippen LogP contribution < -0.4 is 5.32 Å². The van der Waals surface area contributed by atoms with Gasteiger partial charge in [-0.2, -0.15) is 13.2 Å². The first-order valence-corrected chi connectivity index (χ1v) is 11.7. The number of pyridine rings is 2. The lowest BCUT2D eigenvalue weighted by atomic mass is 9.88. The van der Waals surface area contributed by atoms with Crippen LogP contribution in [0.5, 0.6) is 0 Å². The highest BCUT2D eigenvalue weighted by Gasteiger charge is 2.34. The van der Waals surface area contributed by atoms with Crippen molar-refractivity contribution in [3.05, 3.63) is 77.2 Å². The highest BCUT2D eigenvalue weighted by atomic mass is 19.4. The number of likely N-dealkylation sites (tertiary alicyclic amines) is 1. The van der Waals surface area contributed by atoms with Crippen molar-refractivity contribution < 1.29 is 18.0 Å². The summed E-state index contributed by atoms with van der Waals surface area (Å²) in [4.78, 5) is 24.0. The second-order valence-electron chi connectivity index (χ2n) is 9.24. The largest absolute Gasteiger partial charge is 0.417 e. The molecule has 8 heteroatoms. The minimum Gasteiger partial charge on any atom is -0.368 e. The number of aromatic nitrogens is 2. The van der Waals surface area contributed by atoms with Crippen molar-refractivity contribution in [3.63, 3.8) is 0 Å². The van der Waals surface area contributed by atoms with Gasteiger partial charge in [-0.05, 0) is 68.0 Å². The van der Waals surface area contributed by atoms with Gasteiger partial charge < -0.3 is 10.2 Å². The quantitative estimate of drug-likeness (QED) is 0.475. The molecule has 4 rings (SSSR count). The Morgan fingerprint density at radius 3 is 2.60 bits per heavy atom. The number of hydrogen-bond acceptors (Lipinski definition) is 4. The average molecular weight is 483 g/mol. The van der Waals surface area contributed by atoms with Gasteiger partial charge in [0.1, 0.15) is 5.82 Å². The normalized spacial score (nSPS) is 18.4. The van der Waals surface area contributed by atoms with Gasteiger partial charge in [-0.15, -0.1) is 0 Å². The minimum atomic E-state index is -4.43. The average Bonchev–Trinajstić information content (AvgIpc) is 2.83. The molecule has 35 heavy (non-hydrogen) atoms. The fraction of sp³-hybridized carbons (Fsp3) is 0.370. The van der Waals surface area contributed by atoms with Gasteiger partial charge in [0, 0.05) is 42.8 Å². The maximum atomic E-state index is 13.9. The Balaban J connectivity index is 1.59. The molecule has 1 aromatic carbocycles. The lowest BCUT2D eigenvalue weighted by molar-refractivity contribution is -0.137. The summed E-state index contributed by atoms with van der Waals surface area (Å²) in [5, 5.41) is 3.14. The zero-order chi connectivity index (χ0) is 25.2. The molecule has 0 aliphatic carbocycles. The number of halogens is 3. The molecule has 0 unspecified atom stereocenters. The number of alkyl halides is 3. The van der Waals surface area contributed by atoms with E-state index in [0.717, 1.165) is 47.4 Å². The molecule has 0 radical (unpaired) electrons. The van der Waals surface area contributed by atoms with E-state index >= 15 is 0 Å². The highest BCUT2D eigenvalue weighted by Crippen LogP contribution is 2.32. The van der Waals surface area contributed by atoms with Crippen LogP contribution in [-0.4, -0.2) is 39.9 Å². The van der Waals surface area contributed by atoms with Crippen LogP contribution in [0.2, 0.25) is 0 Å². The summed E-state index contributed by atoms with van der Waals surface area (Å²) >= 11 is 0. The van der Waals surface area contributed by atoms with Crippen molar-refractivity contribution in [3.8, 4) is 11.1 Å². The van der Waals surface area contributed by atoms with Crippen LogP contribution in [0, 0.1) is 19.8 Å². The van der Waals surface area contributed by atoms with Gasteiger partial charge in [0.25, 0.3) is 5.91 Å². The molecule has 3 aromatic rings. The van der Waals surface area contributed by atoms with Crippen LogP contribution in [-0.2, 0) is 6.18 Å². The predicted octanol–water partition coefficient (Wildman–Crippen LogP) is 6.13. The van der Waals surface area contributed by atoms with Crippen molar-refractivity contribution in [1.29, 1.82) is 0 Å². The Morgan fingerprint density at radius 2 is 1.91 bits per heavy atom. The third-order valence-corrected chi connectivity index (χ3v) is 6.69. The van der Waals surface area contributed by atoms with Gasteiger partial charge in [0.15, 0.2) is 0 Å². The van der Waals surface area contributed by atoms with Crippen LogP contribution in [0.15, 0.2) is 55.0 Å². The monoisotopic (exact) mass is 482 g/mol. The number of benzene rings is 1. The molecule has 5 nitrogen and oxygen atoms in total. The fourth-order valence-corrected chi connectivity index (χ4v) is 4.66. The van der Waals surface area contributed by atoms with Crippen molar-refractivity contribution in [1.82, 2.24) is 14.9 Å². The molecule has 2 atom stereocenters. The number of anilines is 1. The number of nitrogens with zero attached hydrogens (tertiary/aromatic N) is 3. The number of rotatable bonds is 5. The van der Waals surface area contributed by atoms with Crippen LogP contribution in [0.1, 0.15) is 46.8 Å². The number of aryl methyl sites for hydroxylation is 2. The molecule has 0 spiro atoms. The van der Waals surface area contributed by atoms with Crippen LogP contribution in [0.3, 0.4) is 0 Å². The molecular weight excluding hydrogens is 453 g/mol. The molecule has 0 bridgehead atoms. The van der Waals surface area contributed by atoms with E-state index in [1.807, 2.05) is 43.0 Å². The third-order valence-electron chi connectivity index (χ3n) is 6.69.